The van der Waals surface area contributed by atoms with E-state index in [9.17, 15) is 0 Å². The molecule has 19 heavy (non-hydrogen) atoms. The highest BCUT2D eigenvalue weighted by Crippen LogP contribution is 2.50. The van der Waals surface area contributed by atoms with Gasteiger partial charge in [0.2, 0.25) is 0 Å². The number of thiophene rings is 1. The highest BCUT2D eigenvalue weighted by atomic mass is 32.1. The molecule has 2 nitrogen and oxygen atoms in total. The molecule has 4 rings (SSSR count). The molecule has 0 spiro atoms. The minimum absolute atomic E-state index is 0.732. The SMILES string of the molecule is CCC1C2CNCC2CN1C(c1cccs1)C1CC1. The fourth-order valence-corrected chi connectivity index (χ4v) is 5.39. The molecule has 0 radical (unpaired) electrons. The van der Waals surface area contributed by atoms with Gasteiger partial charge in [-0.25, -0.2) is 0 Å². The van der Waals surface area contributed by atoms with Gasteiger partial charge in [-0.05, 0) is 61.6 Å². The third-order valence-electron chi connectivity index (χ3n) is 5.44. The van der Waals surface area contributed by atoms with E-state index in [0.29, 0.717) is 0 Å². The Hall–Kier alpha value is -0.380. The van der Waals surface area contributed by atoms with Crippen LogP contribution in [0.15, 0.2) is 17.5 Å². The monoisotopic (exact) mass is 276 g/mol. The molecule has 1 N–H and O–H groups in total. The van der Waals surface area contributed by atoms with Crippen molar-refractivity contribution in [3.05, 3.63) is 22.4 Å². The minimum atomic E-state index is 0.732. The van der Waals surface area contributed by atoms with Gasteiger partial charge < -0.3 is 5.32 Å². The first-order valence-electron chi connectivity index (χ1n) is 7.88. The molecule has 1 aliphatic carbocycles. The van der Waals surface area contributed by atoms with E-state index in [0.717, 1.165) is 29.8 Å². The summed E-state index contributed by atoms with van der Waals surface area (Å²) in [6.45, 7) is 6.22. The van der Waals surface area contributed by atoms with Crippen LogP contribution in [0.5, 0.6) is 0 Å². The van der Waals surface area contributed by atoms with E-state index in [1.807, 2.05) is 11.3 Å². The molecule has 3 aliphatic rings. The molecule has 4 atom stereocenters. The molecule has 104 valence electrons. The minimum Gasteiger partial charge on any atom is -0.316 e. The van der Waals surface area contributed by atoms with Crippen molar-refractivity contribution in [1.29, 1.82) is 0 Å². The van der Waals surface area contributed by atoms with E-state index in [1.165, 1.54) is 38.9 Å². The second-order valence-corrected chi connectivity index (χ2v) is 7.53. The molecule has 1 aromatic heterocycles. The fraction of sp³-hybridized carbons (Fsp3) is 0.750. The molecule has 4 unspecified atom stereocenters. The summed E-state index contributed by atoms with van der Waals surface area (Å²) in [5.74, 6) is 2.76. The normalized spacial score (nSPS) is 36.6. The predicted molar refractivity (Wildman–Crippen MR) is 80.4 cm³/mol. The van der Waals surface area contributed by atoms with E-state index < -0.39 is 0 Å². The van der Waals surface area contributed by atoms with Crippen molar-refractivity contribution >= 4 is 11.3 Å². The second kappa shape index (κ2) is 4.87. The summed E-state index contributed by atoms with van der Waals surface area (Å²) < 4.78 is 0. The maximum Gasteiger partial charge on any atom is 0.0472 e. The van der Waals surface area contributed by atoms with Crippen LogP contribution in [0.2, 0.25) is 0 Å². The Balaban J connectivity index is 1.62. The highest BCUT2D eigenvalue weighted by molar-refractivity contribution is 7.10. The van der Waals surface area contributed by atoms with Crippen LogP contribution >= 0.6 is 11.3 Å². The Morgan fingerprint density at radius 3 is 3.00 bits per heavy atom. The van der Waals surface area contributed by atoms with Crippen LogP contribution in [-0.2, 0) is 0 Å². The van der Waals surface area contributed by atoms with E-state index in [-0.39, 0.29) is 0 Å². The summed E-state index contributed by atoms with van der Waals surface area (Å²) in [4.78, 5) is 4.51. The van der Waals surface area contributed by atoms with Gasteiger partial charge in [0, 0.05) is 23.5 Å². The van der Waals surface area contributed by atoms with Gasteiger partial charge in [0.25, 0.3) is 0 Å². The average molecular weight is 276 g/mol. The van der Waals surface area contributed by atoms with Crippen molar-refractivity contribution in [1.82, 2.24) is 10.2 Å². The molecule has 2 aliphatic heterocycles. The quantitative estimate of drug-likeness (QED) is 0.909. The maximum absolute atomic E-state index is 3.60. The molecule has 0 amide bonds. The summed E-state index contributed by atoms with van der Waals surface area (Å²) in [5.41, 5.74) is 0. The average Bonchev–Trinajstić information content (AvgIpc) is 2.83. The zero-order chi connectivity index (χ0) is 12.8. The first-order chi connectivity index (χ1) is 9.38. The molecule has 3 fully saturated rings. The van der Waals surface area contributed by atoms with Crippen molar-refractivity contribution in [2.45, 2.75) is 38.3 Å². The highest BCUT2D eigenvalue weighted by Gasteiger charge is 2.49. The van der Waals surface area contributed by atoms with Crippen LogP contribution in [-0.4, -0.2) is 30.6 Å². The van der Waals surface area contributed by atoms with E-state index in [2.05, 4.69) is 34.7 Å². The van der Waals surface area contributed by atoms with Crippen molar-refractivity contribution in [2.75, 3.05) is 19.6 Å². The lowest BCUT2D eigenvalue weighted by atomic mass is 9.92. The molecule has 1 aromatic rings. The molecule has 1 saturated carbocycles. The van der Waals surface area contributed by atoms with Crippen LogP contribution in [0, 0.1) is 17.8 Å². The zero-order valence-electron chi connectivity index (χ0n) is 11.7. The Morgan fingerprint density at radius 2 is 2.32 bits per heavy atom. The van der Waals surface area contributed by atoms with Gasteiger partial charge in [-0.1, -0.05) is 13.0 Å². The molecule has 3 heterocycles. The first kappa shape index (κ1) is 12.4. The van der Waals surface area contributed by atoms with Crippen molar-refractivity contribution < 1.29 is 0 Å². The molecular weight excluding hydrogens is 252 g/mol. The van der Waals surface area contributed by atoms with E-state index in [4.69, 9.17) is 0 Å². The van der Waals surface area contributed by atoms with Crippen LogP contribution in [0.25, 0.3) is 0 Å². The van der Waals surface area contributed by atoms with Crippen LogP contribution in [0.1, 0.15) is 37.1 Å². The zero-order valence-corrected chi connectivity index (χ0v) is 12.5. The number of nitrogens with one attached hydrogen (secondary N) is 1. The number of hydrogen-bond donors (Lipinski definition) is 1. The van der Waals surface area contributed by atoms with Crippen LogP contribution < -0.4 is 5.32 Å². The lowest BCUT2D eigenvalue weighted by Gasteiger charge is -2.34. The number of likely N-dealkylation sites (tertiary alicyclic amines) is 1. The first-order valence-corrected chi connectivity index (χ1v) is 8.76. The second-order valence-electron chi connectivity index (χ2n) is 6.55. The van der Waals surface area contributed by atoms with Gasteiger partial charge in [-0.15, -0.1) is 11.3 Å². The standard InChI is InChI=1S/C16H24N2S/c1-2-14-13-9-17-8-12(13)10-18(14)16(11-5-6-11)15-4-3-7-19-15/h3-4,7,11-14,16-17H,2,5-6,8-10H2,1H3. The van der Waals surface area contributed by atoms with Gasteiger partial charge >= 0.3 is 0 Å². The number of rotatable bonds is 4. The Bertz CT molecular complexity index is 426. The van der Waals surface area contributed by atoms with Gasteiger partial charge in [0.15, 0.2) is 0 Å². The smallest absolute Gasteiger partial charge is 0.0472 e. The maximum atomic E-state index is 3.60. The van der Waals surface area contributed by atoms with Crippen LogP contribution in [0.4, 0.5) is 0 Å². The Labute approximate surface area is 120 Å². The topological polar surface area (TPSA) is 15.3 Å². The van der Waals surface area contributed by atoms with Crippen molar-refractivity contribution in [3.63, 3.8) is 0 Å². The van der Waals surface area contributed by atoms with Gasteiger partial charge in [-0.2, -0.15) is 0 Å². The third kappa shape index (κ3) is 2.07. The summed E-state index contributed by atoms with van der Waals surface area (Å²) >= 11 is 1.97. The number of nitrogens with zero attached hydrogens (tertiary/aromatic N) is 1. The lowest BCUT2D eigenvalue weighted by Crippen LogP contribution is -2.38. The molecule has 0 bridgehead atoms. The molecule has 0 aromatic carbocycles. The van der Waals surface area contributed by atoms with E-state index in [1.54, 1.807) is 4.88 Å². The number of hydrogen-bond acceptors (Lipinski definition) is 3. The summed E-state index contributed by atoms with van der Waals surface area (Å²) in [7, 11) is 0. The predicted octanol–water partition coefficient (Wildman–Crippen LogP) is 3.13. The molecule has 3 heteroatoms. The van der Waals surface area contributed by atoms with Gasteiger partial charge in [0.1, 0.15) is 0 Å². The summed E-state index contributed by atoms with van der Waals surface area (Å²) in [5, 5.41) is 5.86. The van der Waals surface area contributed by atoms with Crippen molar-refractivity contribution in [2.24, 2.45) is 17.8 Å². The third-order valence-corrected chi connectivity index (χ3v) is 6.38. The molecule has 2 saturated heterocycles. The van der Waals surface area contributed by atoms with Gasteiger partial charge in [0.05, 0.1) is 0 Å². The summed E-state index contributed by atoms with van der Waals surface area (Å²) in [6, 6.07) is 6.14. The Kier molecular flexibility index (Phi) is 3.17. The Morgan fingerprint density at radius 1 is 1.42 bits per heavy atom. The summed E-state index contributed by atoms with van der Waals surface area (Å²) in [6.07, 6.45) is 4.21. The van der Waals surface area contributed by atoms with E-state index >= 15 is 0 Å². The number of fused-ring (bicyclic) bond motifs is 1. The van der Waals surface area contributed by atoms with Crippen LogP contribution in [0.3, 0.4) is 0 Å². The lowest BCUT2D eigenvalue weighted by molar-refractivity contribution is 0.140. The van der Waals surface area contributed by atoms with Crippen molar-refractivity contribution in [3.8, 4) is 0 Å². The van der Waals surface area contributed by atoms with Gasteiger partial charge in [-0.3, -0.25) is 4.90 Å². The fourth-order valence-electron chi connectivity index (χ4n) is 4.45. The molecular formula is C16H24N2S. The largest absolute Gasteiger partial charge is 0.316 e.